The summed E-state index contributed by atoms with van der Waals surface area (Å²) in [4.78, 5) is 24.1. The zero-order valence-electron chi connectivity index (χ0n) is 16.3. The summed E-state index contributed by atoms with van der Waals surface area (Å²) in [5, 5.41) is 0. The molecule has 0 amide bonds. The molecule has 1 aromatic rings. The van der Waals surface area contributed by atoms with Crippen molar-refractivity contribution in [1.82, 2.24) is 4.31 Å². The molecule has 0 spiro atoms. The van der Waals surface area contributed by atoms with Crippen molar-refractivity contribution in [3.63, 3.8) is 0 Å². The second-order valence-electron chi connectivity index (χ2n) is 6.38. The van der Waals surface area contributed by atoms with E-state index in [4.69, 9.17) is 9.47 Å². The average Bonchev–Trinajstić information content (AvgIpc) is 2.67. The molecule has 2 atom stereocenters. The summed E-state index contributed by atoms with van der Waals surface area (Å²) >= 11 is 0. The van der Waals surface area contributed by atoms with Crippen LogP contribution in [0, 0.1) is 5.92 Å². The van der Waals surface area contributed by atoms with Gasteiger partial charge in [0.15, 0.2) is 0 Å². The molecule has 0 aromatic heterocycles. The minimum absolute atomic E-state index is 0.0107. The molecule has 1 fully saturated rings. The highest BCUT2D eigenvalue weighted by molar-refractivity contribution is 7.89. The highest BCUT2D eigenvalue weighted by Gasteiger charge is 2.43. The standard InChI is InChI=1S/C18H22F3NO7S/c1-3-27-16(23)12-9-10-22(15(11-12)17(24)28-4-2)30(25,26)14-7-5-13(6-8-14)29-18(19,20)21/h5-8,12,15H,3-4,9-11H2,1-2H3/t12-,15+/m0/s1. The molecule has 1 heterocycles. The molecule has 0 radical (unpaired) electrons. The molecule has 168 valence electrons. The van der Waals surface area contributed by atoms with Gasteiger partial charge in [-0.15, -0.1) is 13.2 Å². The number of carbonyl (C=O) groups excluding carboxylic acids is 2. The molecule has 0 aliphatic carbocycles. The zero-order chi connectivity index (χ0) is 22.5. The van der Waals surface area contributed by atoms with E-state index >= 15 is 0 Å². The van der Waals surface area contributed by atoms with Crippen LogP contribution >= 0.6 is 0 Å². The molecule has 1 aliphatic heterocycles. The van der Waals surface area contributed by atoms with Crippen LogP contribution in [0.5, 0.6) is 5.75 Å². The number of esters is 2. The number of rotatable bonds is 7. The number of nitrogens with zero attached hydrogens (tertiary/aromatic N) is 1. The van der Waals surface area contributed by atoms with Crippen LogP contribution in [0.3, 0.4) is 0 Å². The fourth-order valence-electron chi connectivity index (χ4n) is 3.11. The lowest BCUT2D eigenvalue weighted by molar-refractivity contribution is -0.274. The number of halogens is 3. The summed E-state index contributed by atoms with van der Waals surface area (Å²) in [6, 6.07) is 2.38. The maximum Gasteiger partial charge on any atom is 0.573 e. The van der Waals surface area contributed by atoms with E-state index in [1.807, 2.05) is 0 Å². The van der Waals surface area contributed by atoms with E-state index < -0.39 is 46.0 Å². The van der Waals surface area contributed by atoms with E-state index in [1.54, 1.807) is 13.8 Å². The fourth-order valence-corrected chi connectivity index (χ4v) is 4.71. The van der Waals surface area contributed by atoms with Crippen molar-refractivity contribution >= 4 is 22.0 Å². The van der Waals surface area contributed by atoms with Gasteiger partial charge in [0.25, 0.3) is 0 Å². The molecule has 1 aliphatic rings. The molecule has 2 rings (SSSR count). The van der Waals surface area contributed by atoms with Gasteiger partial charge in [0.1, 0.15) is 11.8 Å². The highest BCUT2D eigenvalue weighted by Crippen LogP contribution is 2.31. The van der Waals surface area contributed by atoms with Gasteiger partial charge in [0.05, 0.1) is 24.0 Å². The van der Waals surface area contributed by atoms with Gasteiger partial charge in [-0.1, -0.05) is 0 Å². The number of ether oxygens (including phenoxy) is 3. The Kier molecular flexibility index (Phi) is 7.70. The van der Waals surface area contributed by atoms with Gasteiger partial charge < -0.3 is 14.2 Å². The van der Waals surface area contributed by atoms with Crippen LogP contribution in [0.15, 0.2) is 29.2 Å². The number of alkyl halides is 3. The number of sulfonamides is 1. The van der Waals surface area contributed by atoms with E-state index in [2.05, 4.69) is 4.74 Å². The van der Waals surface area contributed by atoms with Gasteiger partial charge in [0.2, 0.25) is 10.0 Å². The van der Waals surface area contributed by atoms with E-state index in [0.717, 1.165) is 28.6 Å². The molecule has 8 nitrogen and oxygen atoms in total. The Bertz CT molecular complexity index is 856. The molecule has 1 aromatic carbocycles. The number of hydrogen-bond donors (Lipinski definition) is 0. The Morgan fingerprint density at radius 2 is 1.63 bits per heavy atom. The van der Waals surface area contributed by atoms with Crippen LogP contribution in [0.2, 0.25) is 0 Å². The summed E-state index contributed by atoms with van der Waals surface area (Å²) in [6.45, 7) is 3.19. The van der Waals surface area contributed by atoms with Gasteiger partial charge >= 0.3 is 18.3 Å². The van der Waals surface area contributed by atoms with Crippen molar-refractivity contribution in [2.45, 2.75) is 44.0 Å². The van der Waals surface area contributed by atoms with Crippen LogP contribution < -0.4 is 4.74 Å². The molecular formula is C18H22F3NO7S. The van der Waals surface area contributed by atoms with Gasteiger partial charge in [-0.25, -0.2) is 8.42 Å². The summed E-state index contributed by atoms with van der Waals surface area (Å²) < 4.78 is 77.5. The predicted molar refractivity (Wildman–Crippen MR) is 96.8 cm³/mol. The molecule has 0 bridgehead atoms. The third-order valence-corrected chi connectivity index (χ3v) is 6.32. The first-order valence-corrected chi connectivity index (χ1v) is 10.6. The van der Waals surface area contributed by atoms with E-state index in [-0.39, 0.29) is 37.5 Å². The Labute approximate surface area is 171 Å². The zero-order valence-corrected chi connectivity index (χ0v) is 17.2. The first-order valence-electron chi connectivity index (χ1n) is 9.20. The summed E-state index contributed by atoms with van der Waals surface area (Å²) in [6.07, 6.45) is -4.90. The van der Waals surface area contributed by atoms with Crippen molar-refractivity contribution in [2.75, 3.05) is 19.8 Å². The van der Waals surface area contributed by atoms with Crippen LogP contribution in [-0.2, 0) is 29.1 Å². The van der Waals surface area contributed by atoms with Crippen molar-refractivity contribution in [3.8, 4) is 5.75 Å². The molecule has 0 unspecified atom stereocenters. The van der Waals surface area contributed by atoms with Crippen LogP contribution in [0.1, 0.15) is 26.7 Å². The largest absolute Gasteiger partial charge is 0.573 e. The van der Waals surface area contributed by atoms with Crippen LogP contribution in [0.4, 0.5) is 13.2 Å². The second kappa shape index (κ2) is 9.65. The van der Waals surface area contributed by atoms with Crippen molar-refractivity contribution < 1.29 is 45.4 Å². The van der Waals surface area contributed by atoms with Crippen LogP contribution in [-0.4, -0.2) is 56.8 Å². The van der Waals surface area contributed by atoms with Crippen molar-refractivity contribution in [1.29, 1.82) is 0 Å². The number of carbonyl (C=O) groups is 2. The predicted octanol–water partition coefficient (Wildman–Crippen LogP) is 2.48. The molecule has 12 heteroatoms. The van der Waals surface area contributed by atoms with Crippen molar-refractivity contribution in [3.05, 3.63) is 24.3 Å². The Morgan fingerprint density at radius 1 is 1.07 bits per heavy atom. The first kappa shape index (κ1) is 23.9. The summed E-state index contributed by atoms with van der Waals surface area (Å²) in [5.74, 6) is -2.60. The lowest BCUT2D eigenvalue weighted by Gasteiger charge is -2.36. The van der Waals surface area contributed by atoms with Crippen LogP contribution in [0.25, 0.3) is 0 Å². The van der Waals surface area contributed by atoms with E-state index in [9.17, 15) is 31.2 Å². The quantitative estimate of drug-likeness (QED) is 0.585. The smallest absolute Gasteiger partial charge is 0.466 e. The van der Waals surface area contributed by atoms with Crippen molar-refractivity contribution in [2.24, 2.45) is 5.92 Å². The fraction of sp³-hybridized carbons (Fsp3) is 0.556. The maximum atomic E-state index is 13.0. The molecule has 1 saturated heterocycles. The summed E-state index contributed by atoms with van der Waals surface area (Å²) in [5.41, 5.74) is 0. The van der Waals surface area contributed by atoms with Gasteiger partial charge in [0, 0.05) is 6.54 Å². The SMILES string of the molecule is CCOC(=O)[C@H]1CCN(S(=O)(=O)c2ccc(OC(F)(F)F)cc2)[C@@H](C(=O)OCC)C1. The Balaban J connectivity index is 2.29. The van der Waals surface area contributed by atoms with E-state index in [1.165, 1.54) is 0 Å². The third kappa shape index (κ3) is 5.85. The highest BCUT2D eigenvalue weighted by atomic mass is 32.2. The van der Waals surface area contributed by atoms with Gasteiger partial charge in [-0.2, -0.15) is 4.31 Å². The number of benzene rings is 1. The third-order valence-electron chi connectivity index (χ3n) is 4.40. The topological polar surface area (TPSA) is 99.2 Å². The monoisotopic (exact) mass is 453 g/mol. The Morgan fingerprint density at radius 3 is 2.17 bits per heavy atom. The molecule has 30 heavy (non-hydrogen) atoms. The lowest BCUT2D eigenvalue weighted by atomic mass is 9.92. The normalized spacial score (nSPS) is 20.4. The maximum absolute atomic E-state index is 13.0. The minimum Gasteiger partial charge on any atom is -0.466 e. The molecular weight excluding hydrogens is 431 g/mol. The average molecular weight is 453 g/mol. The van der Waals surface area contributed by atoms with Gasteiger partial charge in [-0.05, 0) is 51.0 Å². The first-order chi connectivity index (χ1) is 14.0. The number of piperidine rings is 1. The second-order valence-corrected chi connectivity index (χ2v) is 8.27. The molecule has 0 N–H and O–H groups in total. The summed E-state index contributed by atoms with van der Waals surface area (Å²) in [7, 11) is -4.25. The Hall–Kier alpha value is -2.34. The van der Waals surface area contributed by atoms with Gasteiger partial charge in [-0.3, -0.25) is 9.59 Å². The number of hydrogen-bond acceptors (Lipinski definition) is 7. The lowest BCUT2D eigenvalue weighted by Crippen LogP contribution is -2.51. The minimum atomic E-state index is -4.91. The molecule has 0 saturated carbocycles. The van der Waals surface area contributed by atoms with E-state index in [0.29, 0.717) is 0 Å².